The van der Waals surface area contributed by atoms with Gasteiger partial charge in [0.2, 0.25) is 0 Å². The van der Waals surface area contributed by atoms with Gasteiger partial charge in [0.1, 0.15) is 29.3 Å². The zero-order chi connectivity index (χ0) is 23.5. The van der Waals surface area contributed by atoms with Crippen molar-refractivity contribution in [3.63, 3.8) is 0 Å². The van der Waals surface area contributed by atoms with Crippen molar-refractivity contribution in [2.45, 2.75) is 44.6 Å². The molecule has 1 amide bonds. The first-order valence-corrected chi connectivity index (χ1v) is 14.4. The molecule has 1 unspecified atom stereocenters. The molecule has 1 aliphatic carbocycles. The van der Waals surface area contributed by atoms with Gasteiger partial charge in [-0.2, -0.15) is 0 Å². The van der Waals surface area contributed by atoms with E-state index in [4.69, 9.17) is 4.74 Å². The molecular weight excluding hydrogens is 437 g/mol. The Hall–Kier alpha value is -2.90. The Kier molecular flexibility index (Phi) is 8.93. The minimum Gasteiger partial charge on any atom is -0.446 e. The number of benzene rings is 3. The maximum Gasteiger partial charge on any atom is 0.407 e. The molecule has 0 saturated heterocycles. The minimum absolute atomic E-state index is 0.0227. The van der Waals surface area contributed by atoms with Crippen LogP contribution in [0.5, 0.6) is 0 Å². The number of nitrogens with one attached hydrogen (secondary N) is 1. The molecule has 1 N–H and O–H groups in total. The van der Waals surface area contributed by atoms with Gasteiger partial charge in [0.05, 0.1) is 6.16 Å². The molecule has 0 fully saturated rings. The number of alkyl carbamates (subject to hydrolysis) is 1. The lowest BCUT2D eigenvalue weighted by Gasteiger charge is -2.27. The fraction of sp³-hybridized carbons (Fsp3) is 0.300. The van der Waals surface area contributed by atoms with Gasteiger partial charge in [0.25, 0.3) is 0 Å². The van der Waals surface area contributed by atoms with Crippen LogP contribution >= 0.6 is 7.26 Å². The largest absolute Gasteiger partial charge is 0.446 e. The predicted octanol–water partition coefficient (Wildman–Crippen LogP) is 5.99. The quantitative estimate of drug-likeness (QED) is 0.249. The number of ether oxygens (including phenoxy) is 1. The van der Waals surface area contributed by atoms with E-state index in [9.17, 15) is 4.79 Å². The van der Waals surface area contributed by atoms with E-state index < -0.39 is 7.26 Å². The molecule has 0 heterocycles. The highest BCUT2D eigenvalue weighted by molar-refractivity contribution is 7.95. The molecule has 1 atom stereocenters. The Labute approximate surface area is 204 Å². The van der Waals surface area contributed by atoms with E-state index in [1.54, 1.807) is 0 Å². The Morgan fingerprint density at radius 2 is 1.29 bits per heavy atom. The zero-order valence-corrected chi connectivity index (χ0v) is 20.7. The molecule has 3 aromatic carbocycles. The molecule has 4 rings (SSSR count). The summed E-state index contributed by atoms with van der Waals surface area (Å²) in [7, 11) is -1.86. The number of hydrogen-bond acceptors (Lipinski definition) is 2. The van der Waals surface area contributed by atoms with Gasteiger partial charge < -0.3 is 10.1 Å². The van der Waals surface area contributed by atoms with Crippen LogP contribution in [-0.2, 0) is 4.74 Å². The molecule has 4 heteroatoms. The van der Waals surface area contributed by atoms with Crippen molar-refractivity contribution in [1.82, 2.24) is 5.32 Å². The first kappa shape index (κ1) is 24.2. The Morgan fingerprint density at radius 3 is 1.85 bits per heavy atom. The number of allylic oxidation sites excluding steroid dienone is 2. The second-order valence-electron chi connectivity index (χ2n) is 8.83. The van der Waals surface area contributed by atoms with Crippen molar-refractivity contribution in [2.24, 2.45) is 0 Å². The summed E-state index contributed by atoms with van der Waals surface area (Å²) in [4.78, 5) is 12.5. The summed E-state index contributed by atoms with van der Waals surface area (Å²) in [6.07, 6.45) is 11.0. The molecule has 176 valence electrons. The first-order valence-electron chi connectivity index (χ1n) is 12.4. The van der Waals surface area contributed by atoms with Gasteiger partial charge in [-0.15, -0.1) is 0 Å². The standard InChI is InChI=1S/C30H34NO2P/c32-30(33-26-16-7-2-1-3-8-17-26)31-24-15-25-34(27-18-9-4-10-19-27,28-20-11-5-12-21-28)29-22-13-6-14-23-29/h1-2,4-6,9-14,18-23,26H,3,7-8,15-17,24-25H2/p+1/b2-1-. The summed E-state index contributed by atoms with van der Waals surface area (Å²) >= 11 is 0. The fourth-order valence-corrected chi connectivity index (χ4v) is 9.17. The first-order chi connectivity index (χ1) is 16.8. The van der Waals surface area contributed by atoms with E-state index >= 15 is 0 Å². The number of amides is 1. The highest BCUT2D eigenvalue weighted by Crippen LogP contribution is 2.55. The van der Waals surface area contributed by atoms with Gasteiger partial charge in [-0.05, 0) is 74.9 Å². The van der Waals surface area contributed by atoms with Gasteiger partial charge in [0.15, 0.2) is 0 Å². The number of carbonyl (C=O) groups is 1. The summed E-state index contributed by atoms with van der Waals surface area (Å²) in [5.74, 6) is 0. The van der Waals surface area contributed by atoms with Crippen molar-refractivity contribution in [1.29, 1.82) is 0 Å². The lowest BCUT2D eigenvalue weighted by molar-refractivity contribution is 0.0865. The molecule has 0 radical (unpaired) electrons. The van der Waals surface area contributed by atoms with E-state index in [0.717, 1.165) is 44.7 Å². The highest BCUT2D eigenvalue weighted by atomic mass is 31.2. The molecule has 0 spiro atoms. The SMILES string of the molecule is O=C(NCCC[P+](c1ccccc1)(c1ccccc1)c1ccccc1)OC1CC/C=C\CCC1. The fourth-order valence-electron chi connectivity index (χ4n) is 4.83. The third-order valence-corrected chi connectivity index (χ3v) is 11.0. The smallest absolute Gasteiger partial charge is 0.407 e. The summed E-state index contributed by atoms with van der Waals surface area (Å²) in [5, 5.41) is 7.15. The van der Waals surface area contributed by atoms with Crippen molar-refractivity contribution >= 4 is 29.3 Å². The zero-order valence-electron chi connectivity index (χ0n) is 19.8. The monoisotopic (exact) mass is 472 g/mol. The summed E-state index contributed by atoms with van der Waals surface area (Å²) < 4.78 is 5.74. The van der Waals surface area contributed by atoms with Crippen molar-refractivity contribution in [2.75, 3.05) is 12.7 Å². The molecule has 3 nitrogen and oxygen atoms in total. The molecule has 0 aliphatic heterocycles. The van der Waals surface area contributed by atoms with E-state index in [2.05, 4.69) is 108 Å². The van der Waals surface area contributed by atoms with E-state index in [1.165, 1.54) is 15.9 Å². The van der Waals surface area contributed by atoms with E-state index in [1.807, 2.05) is 0 Å². The average Bonchev–Trinajstić information content (AvgIpc) is 2.87. The van der Waals surface area contributed by atoms with Crippen LogP contribution in [0.2, 0.25) is 0 Å². The normalized spacial score (nSPS) is 17.2. The lowest BCUT2D eigenvalue weighted by Crippen LogP contribution is -2.35. The Balaban J connectivity index is 1.48. The second kappa shape index (κ2) is 12.5. The Bertz CT molecular complexity index is 941. The van der Waals surface area contributed by atoms with Gasteiger partial charge >= 0.3 is 6.09 Å². The van der Waals surface area contributed by atoms with Crippen LogP contribution in [0.4, 0.5) is 4.79 Å². The summed E-state index contributed by atoms with van der Waals surface area (Å²) in [6, 6.07) is 32.6. The van der Waals surface area contributed by atoms with Gasteiger partial charge in [-0.1, -0.05) is 66.7 Å². The summed E-state index contributed by atoms with van der Waals surface area (Å²) in [6.45, 7) is 0.611. The van der Waals surface area contributed by atoms with E-state index in [0.29, 0.717) is 6.54 Å². The van der Waals surface area contributed by atoms with Crippen LogP contribution in [0.15, 0.2) is 103 Å². The molecule has 0 bridgehead atoms. The number of carbonyl (C=O) groups excluding carboxylic acids is 1. The van der Waals surface area contributed by atoms with Gasteiger partial charge in [0, 0.05) is 6.54 Å². The third kappa shape index (κ3) is 6.15. The van der Waals surface area contributed by atoms with Crippen LogP contribution in [0.25, 0.3) is 0 Å². The molecule has 0 aromatic heterocycles. The maximum absolute atomic E-state index is 12.5. The van der Waals surface area contributed by atoms with Crippen molar-refractivity contribution < 1.29 is 9.53 Å². The molecule has 34 heavy (non-hydrogen) atoms. The number of rotatable bonds is 8. The summed E-state index contributed by atoms with van der Waals surface area (Å²) in [5.41, 5.74) is 0. The van der Waals surface area contributed by atoms with E-state index in [-0.39, 0.29) is 12.2 Å². The lowest BCUT2D eigenvalue weighted by atomic mass is 10.0. The minimum atomic E-state index is -1.86. The van der Waals surface area contributed by atoms with Crippen LogP contribution < -0.4 is 21.2 Å². The van der Waals surface area contributed by atoms with Crippen molar-refractivity contribution in [3.05, 3.63) is 103 Å². The topological polar surface area (TPSA) is 38.3 Å². The van der Waals surface area contributed by atoms with Crippen molar-refractivity contribution in [3.8, 4) is 0 Å². The highest BCUT2D eigenvalue weighted by Gasteiger charge is 2.44. The molecule has 1 aliphatic rings. The Morgan fingerprint density at radius 1 is 0.765 bits per heavy atom. The number of hydrogen-bond donors (Lipinski definition) is 1. The van der Waals surface area contributed by atoms with Crippen LogP contribution in [0, 0.1) is 0 Å². The maximum atomic E-state index is 12.5. The third-order valence-electron chi connectivity index (χ3n) is 6.52. The van der Waals surface area contributed by atoms with Gasteiger partial charge in [-0.25, -0.2) is 4.79 Å². The molecule has 0 saturated carbocycles. The van der Waals surface area contributed by atoms with Gasteiger partial charge in [-0.3, -0.25) is 0 Å². The van der Waals surface area contributed by atoms with Crippen LogP contribution in [0.1, 0.15) is 38.5 Å². The van der Waals surface area contributed by atoms with Crippen LogP contribution in [-0.4, -0.2) is 24.9 Å². The van der Waals surface area contributed by atoms with Crippen LogP contribution in [0.3, 0.4) is 0 Å². The molecular formula is C30H35NO2P+. The molecule has 3 aromatic rings. The average molecular weight is 473 g/mol. The predicted molar refractivity (Wildman–Crippen MR) is 145 cm³/mol. The second-order valence-corrected chi connectivity index (χ2v) is 12.4.